The van der Waals surface area contributed by atoms with Crippen molar-refractivity contribution in [3.05, 3.63) is 56.5 Å². The lowest BCUT2D eigenvalue weighted by Crippen LogP contribution is -2.23. The highest BCUT2D eigenvalue weighted by Gasteiger charge is 2.30. The van der Waals surface area contributed by atoms with E-state index in [0.29, 0.717) is 19.4 Å². The normalized spacial score (nSPS) is 17.6. The number of methoxy groups -OCH3 is 1. The predicted molar refractivity (Wildman–Crippen MR) is 109 cm³/mol. The van der Waals surface area contributed by atoms with Crippen LogP contribution < -0.4 is 4.74 Å². The predicted octanol–water partition coefficient (Wildman–Crippen LogP) is 4.24. The number of rotatable bonds is 3. The summed E-state index contributed by atoms with van der Waals surface area (Å²) in [5.74, 6) is 0.363. The van der Waals surface area contributed by atoms with Crippen LogP contribution in [0.3, 0.4) is 0 Å². The van der Waals surface area contributed by atoms with E-state index >= 15 is 0 Å². The van der Waals surface area contributed by atoms with Gasteiger partial charge in [0.2, 0.25) is 0 Å². The molecule has 25 heavy (non-hydrogen) atoms. The van der Waals surface area contributed by atoms with Gasteiger partial charge in [-0.1, -0.05) is 18.2 Å². The van der Waals surface area contributed by atoms with Gasteiger partial charge in [0.25, 0.3) is 5.91 Å². The van der Waals surface area contributed by atoms with E-state index < -0.39 is 0 Å². The molecule has 1 amide bonds. The number of thioether (sulfide) groups is 1. The molecule has 2 aromatic rings. The first-order valence-electron chi connectivity index (χ1n) is 7.37. The maximum absolute atomic E-state index is 12.5. The summed E-state index contributed by atoms with van der Waals surface area (Å²) in [6, 6.07) is 13.0. The highest BCUT2D eigenvalue weighted by molar-refractivity contribution is 14.1. The molecule has 1 saturated heterocycles. The monoisotopic (exact) mass is 466 g/mol. The van der Waals surface area contributed by atoms with Gasteiger partial charge in [-0.2, -0.15) is 0 Å². The first-order chi connectivity index (χ1) is 12.0. The van der Waals surface area contributed by atoms with Gasteiger partial charge in [-0.25, -0.2) is 4.99 Å². The second-order valence-electron chi connectivity index (χ2n) is 5.26. The van der Waals surface area contributed by atoms with Crippen molar-refractivity contribution in [2.45, 2.75) is 0 Å². The molecule has 1 heterocycles. The van der Waals surface area contributed by atoms with Crippen LogP contribution in [0.15, 0.2) is 52.4 Å². The standard InChI is InChI=1S/C18H15IN2O3S/c1-21-17(23)15(25-18(21)20-12-6-4-3-5-7-12)10-11-8-13(19)16(22)14(9-11)24-2/h3-10,22H,1-2H3/b15-10+,20-18?. The van der Waals surface area contributed by atoms with E-state index in [-0.39, 0.29) is 11.7 Å². The van der Waals surface area contributed by atoms with E-state index in [0.717, 1.165) is 11.3 Å². The number of carbonyl (C=O) groups is 1. The van der Waals surface area contributed by atoms with E-state index in [1.165, 1.54) is 23.8 Å². The second-order valence-corrected chi connectivity index (χ2v) is 7.43. The topological polar surface area (TPSA) is 62.1 Å². The summed E-state index contributed by atoms with van der Waals surface area (Å²) in [7, 11) is 3.20. The van der Waals surface area contributed by atoms with Crippen LogP contribution in [0.1, 0.15) is 5.56 Å². The lowest BCUT2D eigenvalue weighted by molar-refractivity contribution is -0.121. The summed E-state index contributed by atoms with van der Waals surface area (Å²) >= 11 is 3.35. The van der Waals surface area contributed by atoms with Crippen molar-refractivity contribution in [1.29, 1.82) is 0 Å². The van der Waals surface area contributed by atoms with E-state index in [4.69, 9.17) is 4.74 Å². The molecule has 1 fully saturated rings. The van der Waals surface area contributed by atoms with E-state index in [1.807, 2.05) is 52.9 Å². The van der Waals surface area contributed by atoms with Gasteiger partial charge in [0.1, 0.15) is 0 Å². The second kappa shape index (κ2) is 7.49. The fraction of sp³-hybridized carbons (Fsp3) is 0.111. The molecule has 1 N–H and O–H groups in total. The summed E-state index contributed by atoms with van der Waals surface area (Å²) in [5.41, 5.74) is 1.58. The minimum absolute atomic E-state index is 0.0964. The van der Waals surface area contributed by atoms with Gasteiger partial charge in [0.05, 0.1) is 21.3 Å². The number of amidine groups is 1. The third kappa shape index (κ3) is 3.82. The number of hydrogen-bond donors (Lipinski definition) is 1. The smallest absolute Gasteiger partial charge is 0.266 e. The molecule has 7 heteroatoms. The van der Waals surface area contributed by atoms with Crippen LogP contribution in [-0.4, -0.2) is 35.2 Å². The maximum atomic E-state index is 12.5. The highest BCUT2D eigenvalue weighted by atomic mass is 127. The van der Waals surface area contributed by atoms with E-state index in [9.17, 15) is 9.90 Å². The van der Waals surface area contributed by atoms with Crippen molar-refractivity contribution in [1.82, 2.24) is 4.90 Å². The number of phenols is 1. The van der Waals surface area contributed by atoms with E-state index in [1.54, 1.807) is 25.3 Å². The Kier molecular flexibility index (Phi) is 5.33. The van der Waals surface area contributed by atoms with Crippen molar-refractivity contribution >= 4 is 57.2 Å². The fourth-order valence-corrected chi connectivity index (χ4v) is 3.86. The molecule has 1 aliphatic rings. The number of amides is 1. The molecule has 3 rings (SSSR count). The molecule has 128 valence electrons. The number of halogens is 1. The molecule has 0 aliphatic carbocycles. The molecule has 0 spiro atoms. The van der Waals surface area contributed by atoms with Gasteiger partial charge in [0.15, 0.2) is 16.7 Å². The largest absolute Gasteiger partial charge is 0.504 e. The average molecular weight is 466 g/mol. The third-order valence-corrected chi connectivity index (χ3v) is 5.44. The average Bonchev–Trinajstić information content (AvgIpc) is 2.87. The van der Waals surface area contributed by atoms with Gasteiger partial charge in [0, 0.05) is 7.05 Å². The Hall–Kier alpha value is -2.00. The van der Waals surface area contributed by atoms with Crippen LogP contribution in [-0.2, 0) is 4.79 Å². The maximum Gasteiger partial charge on any atom is 0.266 e. The Morgan fingerprint density at radius 3 is 2.68 bits per heavy atom. The Morgan fingerprint density at radius 2 is 2.00 bits per heavy atom. The molecule has 0 bridgehead atoms. The number of benzene rings is 2. The molecule has 0 aromatic heterocycles. The van der Waals surface area contributed by atoms with Crippen LogP contribution in [0.5, 0.6) is 11.5 Å². The van der Waals surface area contributed by atoms with Gasteiger partial charge >= 0.3 is 0 Å². The van der Waals surface area contributed by atoms with Crippen LogP contribution in [0.25, 0.3) is 6.08 Å². The Morgan fingerprint density at radius 1 is 1.28 bits per heavy atom. The number of hydrogen-bond acceptors (Lipinski definition) is 5. The number of ether oxygens (including phenoxy) is 1. The number of para-hydroxylation sites is 1. The van der Waals surface area contributed by atoms with Crippen LogP contribution in [0.2, 0.25) is 0 Å². The summed E-state index contributed by atoms with van der Waals surface area (Å²) in [5, 5.41) is 10.6. The zero-order valence-electron chi connectivity index (χ0n) is 13.6. The number of aliphatic imine (C=N–C) groups is 1. The van der Waals surface area contributed by atoms with E-state index in [2.05, 4.69) is 4.99 Å². The molecular formula is C18H15IN2O3S. The quantitative estimate of drug-likeness (QED) is 0.543. The molecule has 0 saturated carbocycles. The number of nitrogens with zero attached hydrogens (tertiary/aromatic N) is 2. The van der Waals surface area contributed by atoms with Crippen LogP contribution >= 0.6 is 34.4 Å². The third-order valence-electron chi connectivity index (χ3n) is 3.55. The summed E-state index contributed by atoms with van der Waals surface area (Å²) in [6.45, 7) is 0. The molecular weight excluding hydrogens is 451 g/mol. The molecule has 0 unspecified atom stereocenters. The number of phenolic OH excluding ortho intramolecular Hbond substituents is 1. The molecule has 1 aliphatic heterocycles. The van der Waals surface area contributed by atoms with Crippen molar-refractivity contribution in [3.63, 3.8) is 0 Å². The molecule has 2 aromatic carbocycles. The van der Waals surface area contributed by atoms with Crippen LogP contribution in [0.4, 0.5) is 5.69 Å². The van der Waals surface area contributed by atoms with Gasteiger partial charge in [-0.15, -0.1) is 0 Å². The SMILES string of the molecule is COc1cc(/C=C2/SC(=Nc3ccccc3)N(C)C2=O)cc(I)c1O. The first kappa shape index (κ1) is 17.8. The van der Waals surface area contributed by atoms with Crippen molar-refractivity contribution in [2.75, 3.05) is 14.2 Å². The Bertz CT molecular complexity index is 881. The first-order valence-corrected chi connectivity index (χ1v) is 9.27. The van der Waals surface area contributed by atoms with Crippen molar-refractivity contribution in [2.24, 2.45) is 4.99 Å². The summed E-state index contributed by atoms with van der Waals surface area (Å²) in [6.07, 6.45) is 1.78. The van der Waals surface area contributed by atoms with Gasteiger partial charge in [-0.3, -0.25) is 9.69 Å². The lowest BCUT2D eigenvalue weighted by atomic mass is 10.2. The summed E-state index contributed by atoms with van der Waals surface area (Å²) < 4.78 is 5.83. The highest BCUT2D eigenvalue weighted by Crippen LogP contribution is 2.36. The number of carbonyl (C=O) groups excluding carboxylic acids is 1. The minimum Gasteiger partial charge on any atom is -0.504 e. The molecule has 0 radical (unpaired) electrons. The zero-order chi connectivity index (χ0) is 18.0. The Balaban J connectivity index is 1.94. The molecule has 0 atom stereocenters. The van der Waals surface area contributed by atoms with Crippen LogP contribution in [0, 0.1) is 3.57 Å². The van der Waals surface area contributed by atoms with Gasteiger partial charge < -0.3 is 9.84 Å². The Labute approximate surface area is 163 Å². The van der Waals surface area contributed by atoms with Gasteiger partial charge in [-0.05, 0) is 70.3 Å². The minimum atomic E-state index is -0.110. The zero-order valence-corrected chi connectivity index (χ0v) is 16.5. The molecule has 5 nitrogen and oxygen atoms in total. The number of aromatic hydroxyl groups is 1. The van der Waals surface area contributed by atoms with Crippen molar-refractivity contribution < 1.29 is 14.6 Å². The fourth-order valence-electron chi connectivity index (χ4n) is 2.25. The number of likely N-dealkylation sites (N-methyl/N-ethyl adjacent to an activating group) is 1. The summed E-state index contributed by atoms with van der Waals surface area (Å²) in [4.78, 5) is 19.1. The lowest BCUT2D eigenvalue weighted by Gasteiger charge is -2.07. The van der Waals surface area contributed by atoms with Crippen molar-refractivity contribution in [3.8, 4) is 11.5 Å².